The lowest BCUT2D eigenvalue weighted by molar-refractivity contribution is 0.142. The predicted molar refractivity (Wildman–Crippen MR) is 550 cm³/mol. The molecular weight excluding hydrogens is 2000 g/mol. The Labute approximate surface area is 851 Å². The van der Waals surface area contributed by atoms with E-state index in [4.69, 9.17) is 0 Å². The van der Waals surface area contributed by atoms with Gasteiger partial charge < -0.3 is 39.2 Å². The van der Waals surface area contributed by atoms with Gasteiger partial charge in [-0.25, -0.2) is 39.9 Å². The van der Waals surface area contributed by atoms with Gasteiger partial charge in [0.05, 0.1) is 0 Å². The lowest BCUT2D eigenvalue weighted by Gasteiger charge is -2.38. The smallest absolute Gasteiger partial charge is 0.289 e. The fourth-order valence-corrected chi connectivity index (χ4v) is 27.2. The fourth-order valence-electron chi connectivity index (χ4n) is 16.0. The van der Waals surface area contributed by atoms with Gasteiger partial charge in [-0.1, -0.05) is 48.5 Å². The molecule has 12 atom stereocenters. The van der Waals surface area contributed by atoms with Crippen LogP contribution in [0.15, 0.2) is 41.3 Å². The minimum Gasteiger partial charge on any atom is -0.333 e. The largest absolute Gasteiger partial charge is 0.333 e. The van der Waals surface area contributed by atoms with E-state index < -0.39 is 0 Å². The zero-order valence-electron chi connectivity index (χ0n) is 80.1. The van der Waals surface area contributed by atoms with Crippen molar-refractivity contribution in [3.8, 4) is 0 Å². The van der Waals surface area contributed by atoms with Gasteiger partial charge >= 0.3 is 0 Å². The average molecular weight is 2130 g/mol. The average Bonchev–Trinajstić information content (AvgIpc) is 1.51. The minimum absolute atomic E-state index is 0.0844. The van der Waals surface area contributed by atoms with Crippen LogP contribution in [0.3, 0.4) is 0 Å². The summed E-state index contributed by atoms with van der Waals surface area (Å²) in [4.78, 5) is 146. The number of likely N-dealkylation sites (tertiary alicyclic amines) is 8. The number of amides is 8. The maximum Gasteiger partial charge on any atom is 0.289 e. The third-order valence-corrected chi connectivity index (χ3v) is 35.5. The summed E-state index contributed by atoms with van der Waals surface area (Å²) in [5.74, 6) is 4.44. The van der Waals surface area contributed by atoms with Crippen LogP contribution in [-0.4, -0.2) is 258 Å². The van der Waals surface area contributed by atoms with Gasteiger partial charge in [0.1, 0.15) is 40.1 Å². The molecule has 8 fully saturated rings. The van der Waals surface area contributed by atoms with Crippen LogP contribution in [0.2, 0.25) is 0 Å². The standard InChI is InChI=1S/5C11H17N3OS2.3C10H15N3OS2/c1-7-4-8(2)6-14(5-7)11(15)16-10-12-9(3)17-13-10;1-7-4-5-14(8(2)6-7)11(15)16-10-12-9(3)17-13-10;1-7-4-5-8(2)14(6-7)11(15)16-10-12-9(3)17-13-10;1-7-5-4-6-14(8(7)2)11(15)16-10-12-9(3)17-13-10;1-7-5-4-6-8(2)14(7)11(15)16-10-12-9(3)17-13-10;1-7-3-5-13(6-4-7)10(14)15-9-11-8(2)16-12-9;1-7-4-3-5-13(6-7)10(14)15-9-11-8(2)16-12-9;1-7-5-3-4-6-13(7)10(14)15-9-11-8(2)16-12-9/h5*7-8H,4-6H2,1-3H3;3*7H,3-6H2,1-2H3. The Bertz CT molecular complexity index is 4890. The lowest BCUT2D eigenvalue weighted by Crippen LogP contribution is -2.45. The van der Waals surface area contributed by atoms with Gasteiger partial charge in [-0.3, -0.25) is 38.4 Å². The van der Waals surface area contributed by atoms with Gasteiger partial charge in [0.2, 0.25) is 41.3 Å². The van der Waals surface area contributed by atoms with E-state index >= 15 is 0 Å². The molecule has 734 valence electrons. The van der Waals surface area contributed by atoms with Crippen LogP contribution in [0.5, 0.6) is 0 Å². The molecule has 8 aromatic heterocycles. The van der Waals surface area contributed by atoms with Crippen LogP contribution >= 0.6 is 186 Å². The second-order valence-electron chi connectivity index (χ2n) is 35.4. The minimum atomic E-state index is 0.0844. The SMILES string of the molecule is Cc1nc(SC(=O)N2C(C)CCCC2C)ns1.Cc1nc(SC(=O)N2CC(C)CC(C)C2)ns1.Cc1nc(SC(=O)N2CC(C)CCC2C)ns1.Cc1nc(SC(=O)N2CCC(C)CC2)ns1.Cc1nc(SC(=O)N2CCC(C)CC2C)ns1.Cc1nc(SC(=O)N2CCCC(C)C2)ns1.Cc1nc(SC(=O)N2CCCC(C)C2C)ns1.Cc1nc(SC(=O)N2CCCCC2C)ns1. The molecule has 0 radical (unpaired) electrons. The van der Waals surface area contributed by atoms with E-state index in [-0.39, 0.29) is 41.9 Å². The highest BCUT2D eigenvalue weighted by Crippen LogP contribution is 2.36. The topological polar surface area (TPSA) is 369 Å². The third-order valence-electron chi connectivity index (χ3n) is 23.4. The predicted octanol–water partition coefficient (Wildman–Crippen LogP) is 24.4. The lowest BCUT2D eigenvalue weighted by atomic mass is 9.92. The molecule has 8 saturated heterocycles. The molecule has 8 amide bonds. The van der Waals surface area contributed by atoms with Gasteiger partial charge in [0.15, 0.2) is 0 Å². The van der Waals surface area contributed by atoms with Gasteiger partial charge in [-0.2, -0.15) is 35.0 Å². The molecule has 0 aromatic carbocycles. The summed E-state index contributed by atoms with van der Waals surface area (Å²) >= 11 is 19.9. The molecule has 12 unspecified atom stereocenters. The molecule has 133 heavy (non-hydrogen) atoms. The molecule has 8 aromatic rings. The highest BCUT2D eigenvalue weighted by atomic mass is 32.2. The molecule has 8 aliphatic heterocycles. The van der Waals surface area contributed by atoms with Gasteiger partial charge in [0, 0.05) is 196 Å². The van der Waals surface area contributed by atoms with Gasteiger partial charge in [0.25, 0.3) is 41.9 Å². The van der Waals surface area contributed by atoms with Crippen LogP contribution in [0, 0.1) is 96.8 Å². The maximum atomic E-state index is 12.2. The van der Waals surface area contributed by atoms with E-state index in [9.17, 15) is 38.4 Å². The zero-order chi connectivity index (χ0) is 96.7. The van der Waals surface area contributed by atoms with Crippen molar-refractivity contribution in [3.63, 3.8) is 0 Å². The molecule has 32 nitrogen and oxygen atoms in total. The summed E-state index contributed by atoms with van der Waals surface area (Å²) in [5.41, 5.74) is 0. The molecule has 0 spiro atoms. The molecule has 48 heteroatoms. The number of thioether (sulfide) groups is 8. The fraction of sp³-hybridized carbons (Fsp3) is 0.718. The Morgan fingerprint density at radius 3 is 0.955 bits per heavy atom. The number of hydrogen-bond acceptors (Lipinski definition) is 40. The molecule has 8 aliphatic rings. The van der Waals surface area contributed by atoms with Crippen molar-refractivity contribution in [3.05, 3.63) is 40.1 Å². The van der Waals surface area contributed by atoms with Crippen molar-refractivity contribution in [1.82, 2.24) is 114 Å². The van der Waals surface area contributed by atoms with E-state index in [1.54, 1.807) is 0 Å². The number of carbonyl (C=O) groups is 8. The van der Waals surface area contributed by atoms with Gasteiger partial charge in [-0.05, 0) is 340 Å². The Hall–Kier alpha value is -4.96. The molecule has 0 saturated carbocycles. The third kappa shape index (κ3) is 38.2. The first-order valence-electron chi connectivity index (χ1n) is 45.5. The van der Waals surface area contributed by atoms with Crippen molar-refractivity contribution in [1.29, 1.82) is 0 Å². The Kier molecular flexibility index (Phi) is 47.4. The van der Waals surface area contributed by atoms with Crippen LogP contribution in [0.1, 0.15) is 239 Å². The van der Waals surface area contributed by atoms with Crippen LogP contribution in [0.25, 0.3) is 0 Å². The molecule has 16 rings (SSSR count). The number of carbonyl (C=O) groups excluding carboxylic acids is 8. The molecule has 16 heterocycles. The van der Waals surface area contributed by atoms with Crippen molar-refractivity contribution >= 4 is 228 Å². The zero-order valence-corrected chi connectivity index (χ0v) is 93.2. The van der Waals surface area contributed by atoms with Crippen molar-refractivity contribution in [2.24, 2.45) is 41.4 Å². The summed E-state index contributed by atoms with van der Waals surface area (Å²) in [6.45, 7) is 52.0. The van der Waals surface area contributed by atoms with Crippen LogP contribution in [-0.2, 0) is 0 Å². The highest BCUT2D eigenvalue weighted by Gasteiger charge is 2.36. The van der Waals surface area contributed by atoms with E-state index in [0.29, 0.717) is 107 Å². The molecule has 0 bridgehead atoms. The Balaban J connectivity index is 0.000000171. The molecular formula is C85H130N24O8S16. The van der Waals surface area contributed by atoms with Gasteiger partial charge in [-0.15, -0.1) is 0 Å². The first kappa shape index (κ1) is 112. The first-order chi connectivity index (χ1) is 63.3. The second kappa shape index (κ2) is 56.5. The number of aromatic nitrogens is 16. The Morgan fingerprint density at radius 1 is 0.241 bits per heavy atom. The van der Waals surface area contributed by atoms with Crippen LogP contribution in [0.4, 0.5) is 38.4 Å². The first-order valence-corrected chi connectivity index (χ1v) is 58.3. The summed E-state index contributed by atoms with van der Waals surface area (Å²) in [6, 6.07) is 2.01. The summed E-state index contributed by atoms with van der Waals surface area (Å²) in [5, 5.41) is 12.6. The Morgan fingerprint density at radius 2 is 0.564 bits per heavy atom. The number of piperidine rings is 8. The molecule has 0 N–H and O–H groups in total. The van der Waals surface area contributed by atoms with E-state index in [1.165, 1.54) is 131 Å². The van der Waals surface area contributed by atoms with E-state index in [1.807, 2.05) is 94.6 Å². The maximum absolute atomic E-state index is 12.2. The van der Waals surface area contributed by atoms with Crippen molar-refractivity contribution in [2.45, 2.75) is 332 Å². The molecule has 0 aliphatic carbocycles. The van der Waals surface area contributed by atoms with E-state index in [2.05, 4.69) is 165 Å². The quantitative estimate of drug-likeness (QED) is 0.127. The number of hydrogen-bond donors (Lipinski definition) is 0. The van der Waals surface area contributed by atoms with Crippen LogP contribution < -0.4 is 0 Å². The second-order valence-corrected chi connectivity index (χ2v) is 50.4. The van der Waals surface area contributed by atoms with Crippen molar-refractivity contribution < 1.29 is 38.4 Å². The number of nitrogens with zero attached hydrogens (tertiary/aromatic N) is 24. The van der Waals surface area contributed by atoms with E-state index in [0.717, 1.165) is 282 Å². The normalized spacial score (nSPS) is 23.2. The number of aryl methyl sites for hydroxylation is 8. The monoisotopic (exact) mass is 2130 g/mol. The summed E-state index contributed by atoms with van der Waals surface area (Å²) in [7, 11) is 0. The summed E-state index contributed by atoms with van der Waals surface area (Å²) < 4.78 is 33.0. The summed E-state index contributed by atoms with van der Waals surface area (Å²) in [6.07, 6.45) is 19.4. The number of rotatable bonds is 8. The highest BCUT2D eigenvalue weighted by molar-refractivity contribution is 8.15. The van der Waals surface area contributed by atoms with Crippen molar-refractivity contribution in [2.75, 3.05) is 65.4 Å².